The lowest BCUT2D eigenvalue weighted by molar-refractivity contribution is -0.116. The molecule has 0 radical (unpaired) electrons. The Labute approximate surface area is 186 Å². The van der Waals surface area contributed by atoms with Crippen LogP contribution >= 0.6 is 11.3 Å². The van der Waals surface area contributed by atoms with E-state index in [1.165, 1.54) is 47.5 Å². The van der Waals surface area contributed by atoms with E-state index in [-0.39, 0.29) is 29.2 Å². The first-order valence-corrected chi connectivity index (χ1v) is 10.4. The average molecular weight is 451 g/mol. The minimum atomic E-state index is -0.584. The summed E-state index contributed by atoms with van der Waals surface area (Å²) in [5.74, 6) is -1.45. The van der Waals surface area contributed by atoms with Gasteiger partial charge in [-0.15, -0.1) is 11.3 Å². The molecular weight excluding hydrogens is 433 g/mol. The Morgan fingerprint density at radius 1 is 1.16 bits per heavy atom. The van der Waals surface area contributed by atoms with Crippen LogP contribution in [0.25, 0.3) is 21.3 Å². The molecule has 1 N–H and O–H groups in total. The average Bonchev–Trinajstić information content (AvgIpc) is 3.13. The molecule has 0 saturated heterocycles. The zero-order chi connectivity index (χ0) is 22.8. The maximum atomic E-state index is 13.4. The van der Waals surface area contributed by atoms with Gasteiger partial charge in [0.1, 0.15) is 17.2 Å². The number of aryl methyl sites for hydroxylation is 1. The summed E-state index contributed by atoms with van der Waals surface area (Å²) >= 11 is 1.36. The van der Waals surface area contributed by atoms with Crippen molar-refractivity contribution in [2.24, 2.45) is 0 Å². The normalized spacial score (nSPS) is 10.8. The number of carbonyl (C=O) groups excluding carboxylic acids is 2. The van der Waals surface area contributed by atoms with Gasteiger partial charge in [0.05, 0.1) is 30.1 Å². The van der Waals surface area contributed by atoms with Crippen molar-refractivity contribution < 1.29 is 18.7 Å². The molecule has 0 fully saturated rings. The fourth-order valence-electron chi connectivity index (χ4n) is 3.44. The molecule has 0 atom stereocenters. The number of amides is 1. The Kier molecular flexibility index (Phi) is 5.83. The smallest absolute Gasteiger partial charge is 0.339 e. The number of halogens is 1. The number of nitrogens with one attached hydrogen (secondary N) is 1. The fraction of sp³-hybridized carbons (Fsp3) is 0.130. The van der Waals surface area contributed by atoms with Crippen LogP contribution in [0.5, 0.6) is 0 Å². The number of esters is 1. The lowest BCUT2D eigenvalue weighted by atomic mass is 10.0. The molecule has 9 heteroatoms. The summed E-state index contributed by atoms with van der Waals surface area (Å²) in [5.41, 5.74) is 1.48. The van der Waals surface area contributed by atoms with E-state index >= 15 is 0 Å². The van der Waals surface area contributed by atoms with Crippen LogP contribution in [0.3, 0.4) is 0 Å². The number of aromatic nitrogens is 2. The highest BCUT2D eigenvalue weighted by Gasteiger charge is 2.19. The molecule has 2 heterocycles. The van der Waals surface area contributed by atoms with Crippen LogP contribution in [-0.4, -0.2) is 28.5 Å². The first-order valence-electron chi connectivity index (χ1n) is 9.60. The van der Waals surface area contributed by atoms with Crippen molar-refractivity contribution in [2.45, 2.75) is 13.5 Å². The van der Waals surface area contributed by atoms with Gasteiger partial charge in [-0.2, -0.15) is 0 Å². The predicted octanol–water partition coefficient (Wildman–Crippen LogP) is 4.00. The molecule has 4 aromatic rings. The Morgan fingerprint density at radius 2 is 1.88 bits per heavy atom. The number of methoxy groups -OCH3 is 1. The van der Waals surface area contributed by atoms with Crippen molar-refractivity contribution >= 4 is 39.1 Å². The molecule has 0 aliphatic heterocycles. The number of fused-ring (bicyclic) bond motifs is 1. The van der Waals surface area contributed by atoms with Gasteiger partial charge in [-0.3, -0.25) is 14.2 Å². The quantitative estimate of drug-likeness (QED) is 0.463. The van der Waals surface area contributed by atoms with Gasteiger partial charge in [-0.05, 0) is 36.8 Å². The summed E-state index contributed by atoms with van der Waals surface area (Å²) in [6, 6.07) is 12.3. The largest absolute Gasteiger partial charge is 0.465 e. The number of benzene rings is 2. The summed E-state index contributed by atoms with van der Waals surface area (Å²) in [4.78, 5) is 43.5. The second-order valence-electron chi connectivity index (χ2n) is 6.98. The Hall–Kier alpha value is -3.85. The van der Waals surface area contributed by atoms with Crippen LogP contribution < -0.4 is 10.9 Å². The molecule has 162 valence electrons. The Balaban J connectivity index is 1.68. The number of hydrogen-bond acceptors (Lipinski definition) is 6. The van der Waals surface area contributed by atoms with Crippen LogP contribution in [-0.2, 0) is 16.1 Å². The predicted molar refractivity (Wildman–Crippen MR) is 120 cm³/mol. The van der Waals surface area contributed by atoms with Crippen LogP contribution in [0.15, 0.2) is 59.7 Å². The fourth-order valence-corrected chi connectivity index (χ4v) is 4.44. The third-order valence-electron chi connectivity index (χ3n) is 4.91. The molecule has 1 amide bonds. The number of anilines is 1. The highest BCUT2D eigenvalue weighted by atomic mass is 32.1. The van der Waals surface area contributed by atoms with Gasteiger partial charge in [-0.25, -0.2) is 14.2 Å². The van der Waals surface area contributed by atoms with E-state index in [4.69, 9.17) is 4.74 Å². The van der Waals surface area contributed by atoms with Crippen molar-refractivity contribution in [3.05, 3.63) is 81.5 Å². The van der Waals surface area contributed by atoms with Crippen molar-refractivity contribution in [2.75, 3.05) is 12.4 Å². The van der Waals surface area contributed by atoms with E-state index in [9.17, 15) is 18.8 Å². The summed E-state index contributed by atoms with van der Waals surface area (Å²) in [5, 5.41) is 3.02. The molecular formula is C23H18FN3O4S. The van der Waals surface area contributed by atoms with Gasteiger partial charge in [0.2, 0.25) is 5.91 Å². The van der Waals surface area contributed by atoms with E-state index in [0.29, 0.717) is 21.3 Å². The van der Waals surface area contributed by atoms with E-state index in [2.05, 4.69) is 10.3 Å². The highest BCUT2D eigenvalue weighted by Crippen LogP contribution is 2.35. The van der Waals surface area contributed by atoms with Crippen LogP contribution in [0, 0.1) is 12.7 Å². The van der Waals surface area contributed by atoms with Gasteiger partial charge < -0.3 is 10.1 Å². The Morgan fingerprint density at radius 3 is 2.59 bits per heavy atom. The van der Waals surface area contributed by atoms with Gasteiger partial charge in [0, 0.05) is 10.4 Å². The molecule has 7 nitrogen and oxygen atoms in total. The third-order valence-corrected chi connectivity index (χ3v) is 5.92. The first-order chi connectivity index (χ1) is 15.4. The molecule has 2 aromatic heterocycles. The van der Waals surface area contributed by atoms with Gasteiger partial charge >= 0.3 is 5.97 Å². The SMILES string of the molecule is COC(=O)c1ccccc1NC(=O)Cn1cnc2sc(C)c(-c3ccc(F)cc3)c2c1=O. The van der Waals surface area contributed by atoms with Crippen LogP contribution in [0.2, 0.25) is 0 Å². The summed E-state index contributed by atoms with van der Waals surface area (Å²) in [7, 11) is 1.25. The van der Waals surface area contributed by atoms with E-state index in [0.717, 1.165) is 4.88 Å². The standard InChI is InChI=1S/C23H18FN3O4S/c1-13-19(14-7-9-15(24)10-8-14)20-21(32-13)25-12-27(22(20)29)11-18(28)26-17-6-4-3-5-16(17)23(30)31-2/h3-10,12H,11H2,1-2H3,(H,26,28). The van der Waals surface area contributed by atoms with Crippen molar-refractivity contribution in [3.8, 4) is 11.1 Å². The van der Waals surface area contributed by atoms with E-state index in [1.54, 1.807) is 30.3 Å². The third kappa shape index (κ3) is 4.02. The highest BCUT2D eigenvalue weighted by molar-refractivity contribution is 7.19. The molecule has 0 saturated carbocycles. The van der Waals surface area contributed by atoms with Crippen LogP contribution in [0.1, 0.15) is 15.2 Å². The second-order valence-corrected chi connectivity index (χ2v) is 8.19. The van der Waals surface area contributed by atoms with Gasteiger partial charge in [0.25, 0.3) is 5.56 Å². The van der Waals surface area contributed by atoms with E-state index < -0.39 is 11.9 Å². The zero-order valence-electron chi connectivity index (χ0n) is 17.2. The summed E-state index contributed by atoms with van der Waals surface area (Å²) in [6.07, 6.45) is 1.32. The number of ether oxygens (including phenoxy) is 1. The molecule has 4 rings (SSSR count). The number of nitrogens with zero attached hydrogens (tertiary/aromatic N) is 2. The van der Waals surface area contributed by atoms with Crippen molar-refractivity contribution in [1.82, 2.24) is 9.55 Å². The van der Waals surface area contributed by atoms with Crippen molar-refractivity contribution in [1.29, 1.82) is 0 Å². The molecule has 32 heavy (non-hydrogen) atoms. The second kappa shape index (κ2) is 8.72. The number of carbonyl (C=O) groups is 2. The minimum absolute atomic E-state index is 0.205. The molecule has 0 aliphatic carbocycles. The monoisotopic (exact) mass is 451 g/mol. The van der Waals surface area contributed by atoms with Gasteiger partial charge in [-0.1, -0.05) is 24.3 Å². The number of thiophene rings is 1. The molecule has 0 aliphatic rings. The van der Waals surface area contributed by atoms with E-state index in [1.807, 2.05) is 6.92 Å². The lowest BCUT2D eigenvalue weighted by Crippen LogP contribution is -2.28. The first kappa shape index (κ1) is 21.4. The Bertz CT molecular complexity index is 1390. The summed E-state index contributed by atoms with van der Waals surface area (Å²) in [6.45, 7) is 1.57. The van der Waals surface area contributed by atoms with Crippen LogP contribution in [0.4, 0.5) is 10.1 Å². The number of rotatable bonds is 5. The molecule has 0 spiro atoms. The topological polar surface area (TPSA) is 90.3 Å². The molecule has 0 unspecified atom stereocenters. The minimum Gasteiger partial charge on any atom is -0.465 e. The van der Waals surface area contributed by atoms with Gasteiger partial charge in [0.15, 0.2) is 0 Å². The maximum Gasteiger partial charge on any atom is 0.339 e. The lowest BCUT2D eigenvalue weighted by Gasteiger charge is -2.11. The zero-order valence-corrected chi connectivity index (χ0v) is 18.0. The molecule has 0 bridgehead atoms. The number of para-hydroxylation sites is 1. The van der Waals surface area contributed by atoms with Crippen molar-refractivity contribution in [3.63, 3.8) is 0 Å². The summed E-state index contributed by atoms with van der Waals surface area (Å²) < 4.78 is 19.3. The number of hydrogen-bond donors (Lipinski definition) is 1. The molecule has 2 aromatic carbocycles. The maximum absolute atomic E-state index is 13.4.